The normalized spacial score (nSPS) is 14.8. The lowest BCUT2D eigenvalue weighted by Crippen LogP contribution is -2.45. The summed E-state index contributed by atoms with van der Waals surface area (Å²) in [4.78, 5) is 21.4. The molecule has 0 unspecified atom stereocenters. The molecular weight excluding hydrogens is 437 g/mol. The summed E-state index contributed by atoms with van der Waals surface area (Å²) in [6, 6.07) is 8.47. The van der Waals surface area contributed by atoms with E-state index in [0.717, 1.165) is 43.1 Å². The third-order valence-electron chi connectivity index (χ3n) is 5.41. The van der Waals surface area contributed by atoms with Crippen LogP contribution in [0.25, 0.3) is 0 Å². The molecule has 1 amide bonds. The fourth-order valence-corrected chi connectivity index (χ4v) is 3.56. The summed E-state index contributed by atoms with van der Waals surface area (Å²) < 4.78 is 47.1. The predicted molar refractivity (Wildman–Crippen MR) is 119 cm³/mol. The van der Waals surface area contributed by atoms with Crippen LogP contribution < -0.4 is 19.7 Å². The van der Waals surface area contributed by atoms with Gasteiger partial charge in [0.25, 0.3) is 0 Å². The summed E-state index contributed by atoms with van der Waals surface area (Å²) in [7, 11) is 3.45. The highest BCUT2D eigenvalue weighted by molar-refractivity contribution is 5.76. The molecule has 2 aromatic rings. The number of anilines is 1. The molecule has 0 saturated carbocycles. The number of piperazine rings is 1. The number of pyridine rings is 1. The Morgan fingerprint density at radius 1 is 1.15 bits per heavy atom. The quantitative estimate of drug-likeness (QED) is 0.613. The molecule has 3 rings (SSSR count). The van der Waals surface area contributed by atoms with E-state index in [2.05, 4.69) is 27.1 Å². The van der Waals surface area contributed by atoms with Crippen LogP contribution in [0.2, 0.25) is 0 Å². The van der Waals surface area contributed by atoms with Crippen LogP contribution in [0.3, 0.4) is 0 Å². The van der Waals surface area contributed by atoms with Gasteiger partial charge in [0.15, 0.2) is 18.1 Å². The van der Waals surface area contributed by atoms with Crippen molar-refractivity contribution >= 4 is 11.7 Å². The summed E-state index contributed by atoms with van der Waals surface area (Å²) in [5.41, 5.74) is 1.73. The Bertz CT molecular complexity index is 931. The molecule has 33 heavy (non-hydrogen) atoms. The highest BCUT2D eigenvalue weighted by Crippen LogP contribution is 2.30. The van der Waals surface area contributed by atoms with Crippen LogP contribution in [0.15, 0.2) is 36.5 Å². The van der Waals surface area contributed by atoms with Gasteiger partial charge in [-0.05, 0) is 37.2 Å². The summed E-state index contributed by atoms with van der Waals surface area (Å²) in [5.74, 6) is 0.977. The molecule has 0 spiro atoms. The minimum absolute atomic E-state index is 0.0102. The predicted octanol–water partition coefficient (Wildman–Crippen LogP) is 3.03. The first kappa shape index (κ1) is 24.6. The molecule has 0 radical (unpaired) electrons. The minimum atomic E-state index is -4.43. The van der Waals surface area contributed by atoms with Gasteiger partial charge in [0.05, 0.1) is 7.11 Å². The van der Waals surface area contributed by atoms with Crippen molar-refractivity contribution in [1.82, 2.24) is 15.2 Å². The van der Waals surface area contributed by atoms with Gasteiger partial charge in [-0.3, -0.25) is 4.79 Å². The standard InChI is InChI=1S/C23H29F3N4O3/c1-29-10-12-30(13-11-29)22-18(4-3-9-27-22)15-28-21(31)8-6-17-5-7-19(20(14-17)32-2)33-16-23(24,25)26/h3-5,7,9,14H,6,8,10-13,15-16H2,1-2H3,(H,28,31). The van der Waals surface area contributed by atoms with E-state index in [1.165, 1.54) is 13.2 Å². The van der Waals surface area contributed by atoms with Crippen LogP contribution in [0.5, 0.6) is 11.5 Å². The first-order valence-electron chi connectivity index (χ1n) is 10.8. The highest BCUT2D eigenvalue weighted by Gasteiger charge is 2.29. The zero-order chi connectivity index (χ0) is 23.8. The van der Waals surface area contributed by atoms with Gasteiger partial charge in [-0.15, -0.1) is 0 Å². The Morgan fingerprint density at radius 2 is 1.91 bits per heavy atom. The number of aromatic nitrogens is 1. The zero-order valence-electron chi connectivity index (χ0n) is 18.8. The number of carbonyl (C=O) groups excluding carboxylic acids is 1. The van der Waals surface area contributed by atoms with Gasteiger partial charge >= 0.3 is 6.18 Å². The Morgan fingerprint density at radius 3 is 2.61 bits per heavy atom. The number of alkyl halides is 3. The van der Waals surface area contributed by atoms with Crippen molar-refractivity contribution in [3.63, 3.8) is 0 Å². The first-order chi connectivity index (χ1) is 15.7. The smallest absolute Gasteiger partial charge is 0.422 e. The number of likely N-dealkylation sites (N-methyl/N-ethyl adjacent to an activating group) is 1. The molecule has 180 valence electrons. The van der Waals surface area contributed by atoms with Crippen LogP contribution in [-0.4, -0.2) is 68.9 Å². The third-order valence-corrected chi connectivity index (χ3v) is 5.41. The largest absolute Gasteiger partial charge is 0.493 e. The molecule has 7 nitrogen and oxygen atoms in total. The van der Waals surface area contributed by atoms with Crippen LogP contribution >= 0.6 is 0 Å². The Balaban J connectivity index is 1.52. The molecule has 1 N–H and O–H groups in total. The molecule has 1 aliphatic rings. The molecule has 0 aliphatic carbocycles. The number of benzene rings is 1. The minimum Gasteiger partial charge on any atom is -0.493 e. The van der Waals surface area contributed by atoms with Crippen molar-refractivity contribution in [2.45, 2.75) is 25.6 Å². The fourth-order valence-electron chi connectivity index (χ4n) is 3.56. The van der Waals surface area contributed by atoms with Gasteiger partial charge in [-0.25, -0.2) is 4.98 Å². The molecule has 1 aliphatic heterocycles. The monoisotopic (exact) mass is 466 g/mol. The molecule has 1 fully saturated rings. The molecule has 2 heterocycles. The van der Waals surface area contributed by atoms with Gasteiger partial charge < -0.3 is 24.6 Å². The van der Waals surface area contributed by atoms with E-state index in [1.54, 1.807) is 18.3 Å². The summed E-state index contributed by atoms with van der Waals surface area (Å²) in [5, 5.41) is 2.94. The highest BCUT2D eigenvalue weighted by atomic mass is 19.4. The topological polar surface area (TPSA) is 66.9 Å². The Kier molecular flexibility index (Phi) is 8.37. The maximum atomic E-state index is 12.4. The summed E-state index contributed by atoms with van der Waals surface area (Å²) in [6.07, 6.45) is -2.02. The van der Waals surface area contributed by atoms with E-state index >= 15 is 0 Å². The molecule has 1 aromatic carbocycles. The zero-order valence-corrected chi connectivity index (χ0v) is 18.8. The van der Waals surface area contributed by atoms with Crippen molar-refractivity contribution in [3.05, 3.63) is 47.7 Å². The van der Waals surface area contributed by atoms with Crippen molar-refractivity contribution < 1.29 is 27.4 Å². The maximum absolute atomic E-state index is 12.4. The van der Waals surface area contributed by atoms with Gasteiger partial charge in [-0.1, -0.05) is 12.1 Å². The second-order valence-electron chi connectivity index (χ2n) is 7.94. The number of aryl methyl sites for hydroxylation is 1. The van der Waals surface area contributed by atoms with Crippen LogP contribution in [0.1, 0.15) is 17.5 Å². The lowest BCUT2D eigenvalue weighted by Gasteiger charge is -2.34. The van der Waals surface area contributed by atoms with Gasteiger partial charge in [-0.2, -0.15) is 13.2 Å². The molecular formula is C23H29F3N4O3. The lowest BCUT2D eigenvalue weighted by atomic mass is 10.1. The Labute approximate surface area is 191 Å². The van der Waals surface area contributed by atoms with Crippen molar-refractivity contribution in [2.75, 3.05) is 51.8 Å². The van der Waals surface area contributed by atoms with Crippen molar-refractivity contribution in [1.29, 1.82) is 0 Å². The first-order valence-corrected chi connectivity index (χ1v) is 10.8. The third kappa shape index (κ3) is 7.52. The van der Waals surface area contributed by atoms with Gasteiger partial charge in [0.2, 0.25) is 5.91 Å². The van der Waals surface area contributed by atoms with Crippen LogP contribution in [0, 0.1) is 0 Å². The lowest BCUT2D eigenvalue weighted by molar-refractivity contribution is -0.153. The average Bonchev–Trinajstić information content (AvgIpc) is 2.80. The van der Waals surface area contributed by atoms with E-state index in [9.17, 15) is 18.0 Å². The maximum Gasteiger partial charge on any atom is 0.422 e. The number of methoxy groups -OCH3 is 1. The second-order valence-corrected chi connectivity index (χ2v) is 7.94. The number of rotatable bonds is 9. The molecule has 0 atom stereocenters. The van der Waals surface area contributed by atoms with Crippen LogP contribution in [-0.2, 0) is 17.8 Å². The number of amides is 1. The molecule has 0 bridgehead atoms. The number of nitrogens with zero attached hydrogens (tertiary/aromatic N) is 3. The number of halogens is 3. The van der Waals surface area contributed by atoms with Crippen LogP contribution in [0.4, 0.5) is 19.0 Å². The number of hydrogen-bond donors (Lipinski definition) is 1. The number of nitrogens with one attached hydrogen (secondary N) is 1. The fraction of sp³-hybridized carbons (Fsp3) is 0.478. The number of carbonyl (C=O) groups is 1. The van der Waals surface area contributed by atoms with Gasteiger partial charge in [0, 0.05) is 50.9 Å². The summed E-state index contributed by atoms with van der Waals surface area (Å²) in [6.45, 7) is 2.69. The molecule has 1 aromatic heterocycles. The second kappa shape index (κ2) is 11.2. The van der Waals surface area contributed by atoms with Crippen molar-refractivity contribution in [2.24, 2.45) is 0 Å². The van der Waals surface area contributed by atoms with E-state index in [4.69, 9.17) is 9.47 Å². The van der Waals surface area contributed by atoms with E-state index in [0.29, 0.717) is 13.0 Å². The number of ether oxygens (including phenoxy) is 2. The van der Waals surface area contributed by atoms with Crippen molar-refractivity contribution in [3.8, 4) is 11.5 Å². The van der Waals surface area contributed by atoms with Gasteiger partial charge in [0.1, 0.15) is 5.82 Å². The molecule has 10 heteroatoms. The molecule has 1 saturated heterocycles. The van der Waals surface area contributed by atoms with E-state index in [-0.39, 0.29) is 23.8 Å². The average molecular weight is 467 g/mol. The summed E-state index contributed by atoms with van der Waals surface area (Å²) >= 11 is 0. The Hall–Kier alpha value is -3.01. The number of hydrogen-bond acceptors (Lipinski definition) is 6. The van der Waals surface area contributed by atoms with E-state index < -0.39 is 12.8 Å². The SMILES string of the molecule is COc1cc(CCC(=O)NCc2cccnc2N2CCN(C)CC2)ccc1OCC(F)(F)F. The van der Waals surface area contributed by atoms with E-state index in [1.807, 2.05) is 12.1 Å².